The minimum Gasteiger partial charge on any atom is -0.444 e. The van der Waals surface area contributed by atoms with Crippen LogP contribution in [-0.2, 0) is 17.3 Å². The van der Waals surface area contributed by atoms with E-state index in [4.69, 9.17) is 4.74 Å². The third kappa shape index (κ3) is 6.63. The number of nitrogens with zero attached hydrogens (tertiary/aromatic N) is 1. The van der Waals surface area contributed by atoms with Crippen LogP contribution in [0, 0.1) is 5.92 Å². The SMILES string of the molecule is CC(C)(C)OC(=O)N1CC(Cc2ccc(NC(=O)Nc3ccc(C(F)(F)F)cc3)cc2)C1. The number of amides is 3. The summed E-state index contributed by atoms with van der Waals surface area (Å²) >= 11 is 0. The number of hydrogen-bond acceptors (Lipinski definition) is 3. The molecular formula is C23H26F3N3O3. The predicted molar refractivity (Wildman–Crippen MR) is 116 cm³/mol. The van der Waals surface area contributed by atoms with Crippen molar-refractivity contribution in [2.45, 2.75) is 39.0 Å². The standard InChI is InChI=1S/C23H26F3N3O3/c1-22(2,3)32-21(31)29-13-16(14-29)12-15-4-8-18(9-5-15)27-20(30)28-19-10-6-17(7-11-19)23(24,25)26/h4-11,16H,12-14H2,1-3H3,(H2,27,28,30). The number of urea groups is 1. The third-order valence-electron chi connectivity index (χ3n) is 4.82. The molecule has 2 N–H and O–H groups in total. The van der Waals surface area contributed by atoms with Crippen molar-refractivity contribution in [3.05, 3.63) is 59.7 Å². The van der Waals surface area contributed by atoms with Gasteiger partial charge in [0.05, 0.1) is 5.56 Å². The molecular weight excluding hydrogens is 423 g/mol. The number of anilines is 2. The Hall–Kier alpha value is -3.23. The zero-order valence-corrected chi connectivity index (χ0v) is 18.1. The highest BCUT2D eigenvalue weighted by Gasteiger charge is 2.33. The molecule has 1 aliphatic heterocycles. The molecule has 0 spiro atoms. The van der Waals surface area contributed by atoms with Crippen LogP contribution in [0.2, 0.25) is 0 Å². The Morgan fingerprint density at radius 1 is 0.938 bits per heavy atom. The second-order valence-electron chi connectivity index (χ2n) is 8.81. The average molecular weight is 449 g/mol. The van der Waals surface area contributed by atoms with E-state index in [1.165, 1.54) is 12.1 Å². The molecule has 0 saturated carbocycles. The maximum absolute atomic E-state index is 12.6. The highest BCUT2D eigenvalue weighted by atomic mass is 19.4. The van der Waals surface area contributed by atoms with Gasteiger partial charge in [-0.3, -0.25) is 0 Å². The first kappa shape index (κ1) is 23.4. The minimum atomic E-state index is -4.42. The molecule has 0 unspecified atom stereocenters. The average Bonchev–Trinajstić information content (AvgIpc) is 2.63. The molecule has 0 bridgehead atoms. The molecule has 1 fully saturated rings. The van der Waals surface area contributed by atoms with Gasteiger partial charge in [0.15, 0.2) is 0 Å². The monoisotopic (exact) mass is 449 g/mol. The van der Waals surface area contributed by atoms with E-state index >= 15 is 0 Å². The number of ether oxygens (including phenoxy) is 1. The summed E-state index contributed by atoms with van der Waals surface area (Å²) in [7, 11) is 0. The second-order valence-corrected chi connectivity index (χ2v) is 8.81. The minimum absolute atomic E-state index is 0.256. The third-order valence-corrected chi connectivity index (χ3v) is 4.82. The summed E-state index contributed by atoms with van der Waals surface area (Å²) in [5.74, 6) is 0.351. The largest absolute Gasteiger partial charge is 0.444 e. The van der Waals surface area contributed by atoms with Gasteiger partial charge in [0.25, 0.3) is 0 Å². The molecule has 2 aromatic rings. The lowest BCUT2D eigenvalue weighted by molar-refractivity contribution is -0.137. The molecule has 3 amide bonds. The van der Waals surface area contributed by atoms with Crippen LogP contribution in [0.5, 0.6) is 0 Å². The Morgan fingerprint density at radius 2 is 1.44 bits per heavy atom. The topological polar surface area (TPSA) is 70.7 Å². The number of rotatable bonds is 4. The van der Waals surface area contributed by atoms with Gasteiger partial charge in [-0.25, -0.2) is 9.59 Å². The van der Waals surface area contributed by atoms with Gasteiger partial charge in [-0.2, -0.15) is 13.2 Å². The molecule has 1 aliphatic rings. The van der Waals surface area contributed by atoms with E-state index in [2.05, 4.69) is 10.6 Å². The lowest BCUT2D eigenvalue weighted by Crippen LogP contribution is -2.52. The van der Waals surface area contributed by atoms with E-state index in [1.54, 1.807) is 17.0 Å². The highest BCUT2D eigenvalue weighted by molar-refractivity contribution is 5.99. The first-order valence-electron chi connectivity index (χ1n) is 10.2. The van der Waals surface area contributed by atoms with E-state index in [-0.39, 0.29) is 11.8 Å². The fourth-order valence-corrected chi connectivity index (χ4v) is 3.27. The van der Waals surface area contributed by atoms with Crippen LogP contribution in [0.3, 0.4) is 0 Å². The molecule has 2 aromatic carbocycles. The van der Waals surface area contributed by atoms with Gasteiger partial charge >= 0.3 is 18.3 Å². The molecule has 0 atom stereocenters. The summed E-state index contributed by atoms with van der Waals surface area (Å²) in [6.07, 6.45) is -3.92. The van der Waals surface area contributed by atoms with Crippen LogP contribution in [-0.4, -0.2) is 35.7 Å². The van der Waals surface area contributed by atoms with Crippen molar-refractivity contribution in [3.63, 3.8) is 0 Å². The molecule has 172 valence electrons. The van der Waals surface area contributed by atoms with Gasteiger partial charge in [0.2, 0.25) is 0 Å². The number of carbonyl (C=O) groups is 2. The maximum Gasteiger partial charge on any atom is 0.416 e. The Bertz CT molecular complexity index is 946. The number of alkyl halides is 3. The summed E-state index contributed by atoms with van der Waals surface area (Å²) in [4.78, 5) is 25.8. The van der Waals surface area contributed by atoms with E-state index in [0.29, 0.717) is 24.7 Å². The van der Waals surface area contributed by atoms with E-state index in [0.717, 1.165) is 24.1 Å². The smallest absolute Gasteiger partial charge is 0.416 e. The fourth-order valence-electron chi connectivity index (χ4n) is 3.27. The number of hydrogen-bond donors (Lipinski definition) is 2. The lowest BCUT2D eigenvalue weighted by Gasteiger charge is -2.39. The van der Waals surface area contributed by atoms with Crippen molar-refractivity contribution in [2.75, 3.05) is 23.7 Å². The summed E-state index contributed by atoms with van der Waals surface area (Å²) < 4.78 is 43.1. The normalized spacial score (nSPS) is 14.5. The second kappa shape index (κ2) is 9.10. The van der Waals surface area contributed by atoms with Gasteiger partial charge in [-0.05, 0) is 75.1 Å². The number of nitrogens with one attached hydrogen (secondary N) is 2. The van der Waals surface area contributed by atoms with Gasteiger partial charge in [-0.1, -0.05) is 12.1 Å². The summed E-state index contributed by atoms with van der Waals surface area (Å²) in [5, 5.41) is 5.14. The van der Waals surface area contributed by atoms with Crippen LogP contribution >= 0.6 is 0 Å². The Kier molecular flexibility index (Phi) is 6.66. The Labute approximate surface area is 184 Å². The Balaban J connectivity index is 1.44. The quantitative estimate of drug-likeness (QED) is 0.624. The summed E-state index contributed by atoms with van der Waals surface area (Å²) in [5.41, 5.74) is 0.602. The summed E-state index contributed by atoms with van der Waals surface area (Å²) in [6.45, 7) is 6.79. The first-order valence-corrected chi connectivity index (χ1v) is 10.2. The zero-order chi connectivity index (χ0) is 23.5. The van der Waals surface area contributed by atoms with Gasteiger partial charge in [-0.15, -0.1) is 0 Å². The zero-order valence-electron chi connectivity index (χ0n) is 18.1. The highest BCUT2D eigenvalue weighted by Crippen LogP contribution is 2.30. The van der Waals surface area contributed by atoms with Gasteiger partial charge in [0.1, 0.15) is 5.60 Å². The molecule has 0 aromatic heterocycles. The number of likely N-dealkylation sites (tertiary alicyclic amines) is 1. The van der Waals surface area contributed by atoms with E-state index < -0.39 is 23.4 Å². The Morgan fingerprint density at radius 3 is 1.91 bits per heavy atom. The van der Waals surface area contributed by atoms with Crippen molar-refractivity contribution >= 4 is 23.5 Å². The van der Waals surface area contributed by atoms with Crippen LogP contribution in [0.1, 0.15) is 31.9 Å². The molecule has 3 rings (SSSR count). The van der Waals surface area contributed by atoms with Crippen LogP contribution in [0.15, 0.2) is 48.5 Å². The van der Waals surface area contributed by atoms with Crippen molar-refractivity contribution in [3.8, 4) is 0 Å². The molecule has 0 radical (unpaired) electrons. The van der Waals surface area contributed by atoms with E-state index in [1.807, 2.05) is 32.9 Å². The fraction of sp³-hybridized carbons (Fsp3) is 0.391. The number of carbonyl (C=O) groups excluding carboxylic acids is 2. The van der Waals surface area contributed by atoms with Crippen LogP contribution in [0.25, 0.3) is 0 Å². The molecule has 9 heteroatoms. The number of benzene rings is 2. The first-order chi connectivity index (χ1) is 14.9. The number of halogens is 3. The van der Waals surface area contributed by atoms with Crippen LogP contribution in [0.4, 0.5) is 34.1 Å². The molecule has 1 saturated heterocycles. The van der Waals surface area contributed by atoms with Crippen molar-refractivity contribution in [1.82, 2.24) is 4.90 Å². The van der Waals surface area contributed by atoms with E-state index in [9.17, 15) is 22.8 Å². The predicted octanol–water partition coefficient (Wildman–Crippen LogP) is 5.76. The summed E-state index contributed by atoms with van der Waals surface area (Å²) in [6, 6.07) is 11.0. The maximum atomic E-state index is 12.6. The van der Waals surface area contributed by atoms with Crippen LogP contribution < -0.4 is 10.6 Å². The molecule has 0 aliphatic carbocycles. The van der Waals surface area contributed by atoms with Gasteiger partial charge < -0.3 is 20.3 Å². The van der Waals surface area contributed by atoms with Crippen molar-refractivity contribution in [1.29, 1.82) is 0 Å². The molecule has 6 nitrogen and oxygen atoms in total. The van der Waals surface area contributed by atoms with Crippen molar-refractivity contribution in [2.24, 2.45) is 5.92 Å². The molecule has 1 heterocycles. The lowest BCUT2D eigenvalue weighted by atomic mass is 9.92. The van der Waals surface area contributed by atoms with Crippen molar-refractivity contribution < 1.29 is 27.5 Å². The van der Waals surface area contributed by atoms with Gasteiger partial charge in [0, 0.05) is 24.5 Å². The molecule has 32 heavy (non-hydrogen) atoms.